The number of carbonyl (C=O) groups excluding carboxylic acids is 2. The van der Waals surface area contributed by atoms with Crippen molar-refractivity contribution in [3.8, 4) is 0 Å². The van der Waals surface area contributed by atoms with Crippen LogP contribution in [0.1, 0.15) is 24.1 Å². The summed E-state index contributed by atoms with van der Waals surface area (Å²) in [7, 11) is 0. The molecule has 0 saturated carbocycles. The topological polar surface area (TPSA) is 55.4 Å². The highest BCUT2D eigenvalue weighted by Crippen LogP contribution is 2.25. The molecule has 1 unspecified atom stereocenters. The van der Waals surface area contributed by atoms with E-state index < -0.39 is 11.9 Å². The monoisotopic (exact) mass is 377 g/mol. The molecule has 0 fully saturated rings. The zero-order valence-electron chi connectivity index (χ0n) is 13.5. The minimum Gasteiger partial charge on any atom is -0.452 e. The van der Waals surface area contributed by atoms with Crippen LogP contribution in [0.5, 0.6) is 0 Å². The molecule has 25 heavy (non-hydrogen) atoms. The first-order valence-electron chi connectivity index (χ1n) is 7.60. The number of ether oxygens (including phenoxy) is 1. The van der Waals surface area contributed by atoms with E-state index in [1.807, 2.05) is 30.3 Å². The van der Waals surface area contributed by atoms with E-state index in [1.54, 1.807) is 31.2 Å². The molecule has 0 aliphatic heterocycles. The Balaban J connectivity index is 1.81. The van der Waals surface area contributed by atoms with Crippen molar-refractivity contribution >= 4 is 41.2 Å². The predicted molar refractivity (Wildman–Crippen MR) is 99.5 cm³/mol. The highest BCUT2D eigenvalue weighted by atomic mass is 35.5. The molecule has 130 valence electrons. The van der Waals surface area contributed by atoms with E-state index in [1.165, 1.54) is 6.08 Å². The Labute approximate surface area is 156 Å². The molecule has 6 heteroatoms. The van der Waals surface area contributed by atoms with E-state index in [0.29, 0.717) is 10.0 Å². The maximum Gasteiger partial charge on any atom is 0.331 e. The van der Waals surface area contributed by atoms with E-state index in [9.17, 15) is 9.59 Å². The van der Waals surface area contributed by atoms with Crippen LogP contribution in [-0.2, 0) is 14.3 Å². The van der Waals surface area contributed by atoms with Crippen LogP contribution in [0.2, 0.25) is 10.0 Å². The Bertz CT molecular complexity index is 775. The molecule has 1 N–H and O–H groups in total. The molecule has 0 heterocycles. The minimum atomic E-state index is -0.587. The van der Waals surface area contributed by atoms with Gasteiger partial charge in [0.05, 0.1) is 6.04 Å². The lowest BCUT2D eigenvalue weighted by atomic mass is 10.1. The van der Waals surface area contributed by atoms with Gasteiger partial charge in [0.15, 0.2) is 6.61 Å². The number of hydrogen-bond acceptors (Lipinski definition) is 3. The molecule has 0 aliphatic carbocycles. The number of esters is 1. The second kappa shape index (κ2) is 9.25. The highest BCUT2D eigenvalue weighted by molar-refractivity contribution is 6.35. The van der Waals surface area contributed by atoms with Gasteiger partial charge in [-0.05, 0) is 36.3 Å². The quantitative estimate of drug-likeness (QED) is 0.598. The SMILES string of the molecule is CC(NC(=O)COC(=O)/C=C/c1ccccc1)c1ccc(Cl)cc1Cl. The van der Waals surface area contributed by atoms with Crippen molar-refractivity contribution in [3.63, 3.8) is 0 Å². The summed E-state index contributed by atoms with van der Waals surface area (Å²) in [5.41, 5.74) is 1.60. The number of hydrogen-bond donors (Lipinski definition) is 1. The molecular weight excluding hydrogens is 361 g/mol. The maximum atomic E-state index is 11.9. The zero-order valence-corrected chi connectivity index (χ0v) is 15.1. The molecular formula is C19H17Cl2NO3. The summed E-state index contributed by atoms with van der Waals surface area (Å²) in [6, 6.07) is 14.0. The van der Waals surface area contributed by atoms with Crippen LogP contribution in [0.4, 0.5) is 0 Å². The Kier molecular flexibility index (Phi) is 7.04. The molecule has 2 aromatic carbocycles. The van der Waals surface area contributed by atoms with E-state index in [-0.39, 0.29) is 12.6 Å². The fourth-order valence-electron chi connectivity index (χ4n) is 2.13. The summed E-state index contributed by atoms with van der Waals surface area (Å²) in [5, 5.41) is 3.70. The normalized spacial score (nSPS) is 12.0. The summed E-state index contributed by atoms with van der Waals surface area (Å²) >= 11 is 12.0. The van der Waals surface area contributed by atoms with Crippen molar-refractivity contribution in [2.45, 2.75) is 13.0 Å². The van der Waals surface area contributed by atoms with Gasteiger partial charge in [0, 0.05) is 16.1 Å². The van der Waals surface area contributed by atoms with E-state index in [0.717, 1.165) is 11.1 Å². The summed E-state index contributed by atoms with van der Waals surface area (Å²) in [4.78, 5) is 23.5. The van der Waals surface area contributed by atoms with Crippen molar-refractivity contribution in [2.24, 2.45) is 0 Å². The van der Waals surface area contributed by atoms with Crippen molar-refractivity contribution in [3.05, 3.63) is 75.8 Å². The average Bonchev–Trinajstić information content (AvgIpc) is 2.59. The van der Waals surface area contributed by atoms with Crippen molar-refractivity contribution in [1.29, 1.82) is 0 Å². The Morgan fingerprint density at radius 3 is 2.56 bits per heavy atom. The first kappa shape index (κ1) is 19.0. The number of halogens is 2. The van der Waals surface area contributed by atoms with Gasteiger partial charge in [-0.1, -0.05) is 59.6 Å². The van der Waals surface area contributed by atoms with Gasteiger partial charge in [-0.15, -0.1) is 0 Å². The molecule has 0 radical (unpaired) electrons. The van der Waals surface area contributed by atoms with E-state index in [4.69, 9.17) is 27.9 Å². The van der Waals surface area contributed by atoms with Gasteiger partial charge in [-0.25, -0.2) is 4.79 Å². The molecule has 1 atom stereocenters. The van der Waals surface area contributed by atoms with Gasteiger partial charge in [0.25, 0.3) is 5.91 Å². The predicted octanol–water partition coefficient (Wildman–Crippen LogP) is 4.43. The number of carbonyl (C=O) groups is 2. The van der Waals surface area contributed by atoms with E-state index >= 15 is 0 Å². The van der Waals surface area contributed by atoms with Crippen molar-refractivity contribution in [2.75, 3.05) is 6.61 Å². The third-order valence-electron chi connectivity index (χ3n) is 3.36. The molecule has 0 aromatic heterocycles. The van der Waals surface area contributed by atoms with Gasteiger partial charge in [0.2, 0.25) is 0 Å². The van der Waals surface area contributed by atoms with Crippen molar-refractivity contribution in [1.82, 2.24) is 5.32 Å². The molecule has 2 rings (SSSR count). The van der Waals surface area contributed by atoms with Crippen molar-refractivity contribution < 1.29 is 14.3 Å². The zero-order chi connectivity index (χ0) is 18.2. The molecule has 0 saturated heterocycles. The highest BCUT2D eigenvalue weighted by Gasteiger charge is 2.14. The lowest BCUT2D eigenvalue weighted by Crippen LogP contribution is -2.31. The molecule has 2 aromatic rings. The largest absolute Gasteiger partial charge is 0.452 e. The molecule has 0 spiro atoms. The smallest absolute Gasteiger partial charge is 0.331 e. The van der Waals surface area contributed by atoms with Crippen LogP contribution < -0.4 is 5.32 Å². The lowest BCUT2D eigenvalue weighted by molar-refractivity contribution is -0.144. The minimum absolute atomic E-state index is 0.337. The van der Waals surface area contributed by atoms with Crippen LogP contribution in [0.3, 0.4) is 0 Å². The second-order valence-corrected chi connectivity index (χ2v) is 6.15. The third-order valence-corrected chi connectivity index (χ3v) is 3.93. The summed E-state index contributed by atoms with van der Waals surface area (Å²) in [6.45, 7) is 1.41. The number of nitrogens with one attached hydrogen (secondary N) is 1. The second-order valence-electron chi connectivity index (χ2n) is 5.31. The van der Waals surface area contributed by atoms with Crippen LogP contribution in [0.25, 0.3) is 6.08 Å². The summed E-state index contributed by atoms with van der Waals surface area (Å²) in [6.07, 6.45) is 2.90. The average molecular weight is 378 g/mol. The van der Waals surface area contributed by atoms with Crippen LogP contribution in [0.15, 0.2) is 54.6 Å². The van der Waals surface area contributed by atoms with Gasteiger partial charge >= 0.3 is 5.97 Å². The third kappa shape index (κ3) is 6.25. The summed E-state index contributed by atoms with van der Waals surface area (Å²) in [5.74, 6) is -1.00. The molecule has 0 aliphatic rings. The molecule has 0 bridgehead atoms. The van der Waals surface area contributed by atoms with Gasteiger partial charge in [-0.3, -0.25) is 4.79 Å². The van der Waals surface area contributed by atoms with Gasteiger partial charge in [-0.2, -0.15) is 0 Å². The Hall–Kier alpha value is -2.30. The van der Waals surface area contributed by atoms with Crippen LogP contribution in [-0.4, -0.2) is 18.5 Å². The number of benzene rings is 2. The first-order valence-corrected chi connectivity index (χ1v) is 8.35. The van der Waals surface area contributed by atoms with Gasteiger partial charge < -0.3 is 10.1 Å². The van der Waals surface area contributed by atoms with Crippen LogP contribution >= 0.6 is 23.2 Å². The van der Waals surface area contributed by atoms with E-state index in [2.05, 4.69) is 5.32 Å². The molecule has 4 nitrogen and oxygen atoms in total. The number of rotatable bonds is 6. The lowest BCUT2D eigenvalue weighted by Gasteiger charge is -2.15. The first-order chi connectivity index (χ1) is 12.0. The number of amides is 1. The fourth-order valence-corrected chi connectivity index (χ4v) is 2.70. The maximum absolute atomic E-state index is 11.9. The molecule has 1 amide bonds. The van der Waals surface area contributed by atoms with Gasteiger partial charge in [0.1, 0.15) is 0 Å². The Morgan fingerprint density at radius 1 is 1.16 bits per heavy atom. The summed E-state index contributed by atoms with van der Waals surface area (Å²) < 4.78 is 4.92. The Morgan fingerprint density at radius 2 is 1.88 bits per heavy atom. The standard InChI is InChI=1S/C19H17Cl2NO3/c1-13(16-9-8-15(20)11-17(16)21)22-18(23)12-25-19(24)10-7-14-5-3-2-4-6-14/h2-11,13H,12H2,1H3,(H,22,23)/b10-7+. The fraction of sp³-hybridized carbons (Fsp3) is 0.158. The van der Waals surface area contributed by atoms with Crippen LogP contribution in [0, 0.1) is 0 Å².